The van der Waals surface area contributed by atoms with Crippen molar-refractivity contribution < 1.29 is 23.9 Å². The second kappa shape index (κ2) is 11.4. The van der Waals surface area contributed by atoms with Crippen molar-refractivity contribution in [3.8, 4) is 0 Å². The first-order valence-corrected chi connectivity index (χ1v) is 11.5. The minimum atomic E-state index is -1.61. The second-order valence-corrected chi connectivity index (χ2v) is 9.39. The van der Waals surface area contributed by atoms with Crippen molar-refractivity contribution in [2.24, 2.45) is 17.8 Å². The van der Waals surface area contributed by atoms with Crippen molar-refractivity contribution in [3.63, 3.8) is 0 Å². The Hall–Kier alpha value is -2.43. The Kier molecular flexibility index (Phi) is 9.87. The lowest BCUT2D eigenvalue weighted by Gasteiger charge is -2.23. The zero-order chi connectivity index (χ0) is 24.8. The molecule has 1 aliphatic heterocycles. The molecule has 0 aromatic heterocycles. The van der Waals surface area contributed by atoms with Gasteiger partial charge >= 0.3 is 11.8 Å². The number of ketones is 2. The molecule has 0 bridgehead atoms. The van der Waals surface area contributed by atoms with Crippen LogP contribution in [0.4, 0.5) is 0 Å². The predicted octanol–water partition coefficient (Wildman–Crippen LogP) is 6.26. The summed E-state index contributed by atoms with van der Waals surface area (Å²) in [5.41, 5.74) is 2.97. The predicted molar refractivity (Wildman–Crippen MR) is 128 cm³/mol. The van der Waals surface area contributed by atoms with Crippen LogP contribution in [-0.4, -0.2) is 23.3 Å². The molecule has 1 unspecified atom stereocenters. The Balaban J connectivity index is 2.96. The van der Waals surface area contributed by atoms with Crippen LogP contribution in [0, 0.1) is 17.8 Å². The van der Waals surface area contributed by atoms with E-state index in [1.165, 1.54) is 13.8 Å². The normalized spacial score (nSPS) is 23.1. The number of hydrogen-bond acceptors (Lipinski definition) is 5. The average Bonchev–Trinajstić information content (AvgIpc) is 2.90. The van der Waals surface area contributed by atoms with Crippen molar-refractivity contribution >= 4 is 17.5 Å². The fourth-order valence-corrected chi connectivity index (χ4v) is 4.14. The molecule has 0 N–H and O–H groups in total. The molecule has 4 atom stereocenters. The van der Waals surface area contributed by atoms with Crippen LogP contribution < -0.4 is 0 Å². The fraction of sp³-hybridized carbons (Fsp3) is 0.593. The maximum Gasteiger partial charge on any atom is 0.315 e. The van der Waals surface area contributed by atoms with Crippen molar-refractivity contribution in [3.05, 3.63) is 46.3 Å². The van der Waals surface area contributed by atoms with E-state index in [2.05, 4.69) is 19.9 Å². The molecule has 32 heavy (non-hydrogen) atoms. The van der Waals surface area contributed by atoms with Gasteiger partial charge in [-0.25, -0.2) is 0 Å². The molecular weight excluding hydrogens is 404 g/mol. The molecule has 1 heterocycles. The third-order valence-electron chi connectivity index (χ3n) is 5.86. The molecule has 0 amide bonds. The number of allylic oxidation sites excluding steroid dienone is 6. The molecule has 1 aliphatic rings. The molecule has 0 aliphatic carbocycles. The number of rotatable bonds is 10. The van der Waals surface area contributed by atoms with E-state index in [0.717, 1.165) is 29.6 Å². The Morgan fingerprint density at radius 3 is 2.22 bits per heavy atom. The molecule has 0 radical (unpaired) electrons. The van der Waals surface area contributed by atoms with Crippen LogP contribution in [0.3, 0.4) is 0 Å². The molecule has 0 aromatic rings. The molecule has 1 rings (SSSR count). The maximum atomic E-state index is 12.7. The van der Waals surface area contributed by atoms with Gasteiger partial charge in [0.1, 0.15) is 5.76 Å². The van der Waals surface area contributed by atoms with Crippen LogP contribution >= 0.6 is 0 Å². The molecule has 0 aromatic carbocycles. The Labute approximate surface area is 193 Å². The lowest BCUT2D eigenvalue weighted by atomic mass is 9.88. The van der Waals surface area contributed by atoms with E-state index in [-0.39, 0.29) is 23.4 Å². The van der Waals surface area contributed by atoms with Crippen LogP contribution in [-0.2, 0) is 23.9 Å². The highest BCUT2D eigenvalue weighted by molar-refractivity contribution is 6.04. The molecule has 0 fully saturated rings. The Morgan fingerprint density at radius 1 is 1.09 bits per heavy atom. The number of hydrogen-bond donors (Lipinski definition) is 0. The third kappa shape index (κ3) is 7.32. The van der Waals surface area contributed by atoms with E-state index in [4.69, 9.17) is 9.47 Å². The summed E-state index contributed by atoms with van der Waals surface area (Å²) >= 11 is 0. The number of ether oxygens (including phenoxy) is 2. The van der Waals surface area contributed by atoms with E-state index in [9.17, 15) is 14.4 Å². The largest absolute Gasteiger partial charge is 0.445 e. The number of esters is 1. The van der Waals surface area contributed by atoms with Crippen molar-refractivity contribution in [2.75, 3.05) is 0 Å². The van der Waals surface area contributed by atoms with Gasteiger partial charge in [-0.2, -0.15) is 0 Å². The van der Waals surface area contributed by atoms with Crippen molar-refractivity contribution in [1.82, 2.24) is 0 Å². The summed E-state index contributed by atoms with van der Waals surface area (Å²) in [4.78, 5) is 36.6. The Bertz CT molecular complexity index is 870. The summed E-state index contributed by atoms with van der Waals surface area (Å²) < 4.78 is 10.9. The summed E-state index contributed by atoms with van der Waals surface area (Å²) in [7, 11) is 0. The second-order valence-electron chi connectivity index (χ2n) is 9.39. The van der Waals surface area contributed by atoms with Crippen LogP contribution in [0.15, 0.2) is 46.3 Å². The van der Waals surface area contributed by atoms with Gasteiger partial charge in [-0.3, -0.25) is 14.4 Å². The fourth-order valence-electron chi connectivity index (χ4n) is 4.14. The third-order valence-corrected chi connectivity index (χ3v) is 5.86. The SMILES string of the molecule is CC[C@H](C)C[C@H](C)C(=O)/C(C)=C/[C@H](C)/C=C(C)/C=C(/C)C1=C(C)C(=O)C(C)(OC(C)=O)O1. The van der Waals surface area contributed by atoms with Gasteiger partial charge in [-0.05, 0) is 57.1 Å². The van der Waals surface area contributed by atoms with Gasteiger partial charge < -0.3 is 9.47 Å². The first-order valence-electron chi connectivity index (χ1n) is 11.5. The van der Waals surface area contributed by atoms with Crippen LogP contribution in [0.5, 0.6) is 0 Å². The highest BCUT2D eigenvalue weighted by atomic mass is 16.7. The molecule has 5 heteroatoms. The number of carbonyl (C=O) groups excluding carboxylic acids is 3. The van der Waals surface area contributed by atoms with Gasteiger partial charge in [0.2, 0.25) is 5.78 Å². The van der Waals surface area contributed by atoms with Crippen LogP contribution in [0.2, 0.25) is 0 Å². The van der Waals surface area contributed by atoms with Gasteiger partial charge in [0.25, 0.3) is 0 Å². The van der Waals surface area contributed by atoms with Crippen molar-refractivity contribution in [1.29, 1.82) is 0 Å². The number of carbonyl (C=O) groups is 3. The average molecular weight is 445 g/mol. The number of Topliss-reactive ketones (excluding diaryl/α,β-unsaturated/α-hetero) is 2. The molecule has 178 valence electrons. The summed E-state index contributed by atoms with van der Waals surface area (Å²) in [6, 6.07) is 0. The first kappa shape index (κ1) is 27.6. The van der Waals surface area contributed by atoms with Gasteiger partial charge in [0.05, 0.1) is 0 Å². The van der Waals surface area contributed by atoms with Gasteiger partial charge in [0, 0.05) is 25.3 Å². The van der Waals surface area contributed by atoms with Gasteiger partial charge in [-0.1, -0.05) is 57.9 Å². The van der Waals surface area contributed by atoms with E-state index >= 15 is 0 Å². The molecule has 0 saturated carbocycles. The topological polar surface area (TPSA) is 69.7 Å². The monoisotopic (exact) mass is 444 g/mol. The van der Waals surface area contributed by atoms with Gasteiger partial charge in [-0.15, -0.1) is 0 Å². The zero-order valence-electron chi connectivity index (χ0n) is 21.4. The standard InChI is InChI=1S/C27H40O5/c1-11-16(2)13-19(5)24(29)20(6)14-17(3)12-18(4)15-21(7)25-22(8)26(30)27(10,32-25)31-23(9)28/h12,14-17,19H,11,13H2,1-10H3/b18-12+,20-14+,21-15-/t16-,17+,19-,27?/m0/s1. The molecule has 5 nitrogen and oxygen atoms in total. The van der Waals surface area contributed by atoms with Crippen LogP contribution in [0.1, 0.15) is 82.1 Å². The van der Waals surface area contributed by atoms with E-state index in [1.54, 1.807) is 6.92 Å². The summed E-state index contributed by atoms with van der Waals surface area (Å²) in [6.07, 6.45) is 7.98. The maximum absolute atomic E-state index is 12.7. The first-order chi connectivity index (χ1) is 14.7. The minimum absolute atomic E-state index is 0.0270. The van der Waals surface area contributed by atoms with Crippen molar-refractivity contribution in [2.45, 2.75) is 87.9 Å². The van der Waals surface area contributed by atoms with Crippen LogP contribution in [0.25, 0.3) is 0 Å². The quantitative estimate of drug-likeness (QED) is 0.226. The summed E-state index contributed by atoms with van der Waals surface area (Å²) in [5.74, 6) is -1.26. The summed E-state index contributed by atoms with van der Waals surface area (Å²) in [6.45, 7) is 18.5. The lowest BCUT2D eigenvalue weighted by molar-refractivity contribution is -0.199. The molecular formula is C27H40O5. The zero-order valence-corrected chi connectivity index (χ0v) is 21.4. The van der Waals surface area contributed by atoms with E-state index in [1.807, 2.05) is 46.8 Å². The smallest absolute Gasteiger partial charge is 0.315 e. The highest BCUT2D eigenvalue weighted by Crippen LogP contribution is 2.35. The van der Waals surface area contributed by atoms with E-state index < -0.39 is 11.8 Å². The Morgan fingerprint density at radius 2 is 1.69 bits per heavy atom. The highest BCUT2D eigenvalue weighted by Gasteiger charge is 2.47. The lowest BCUT2D eigenvalue weighted by Crippen LogP contribution is -2.38. The molecule has 0 saturated heterocycles. The van der Waals surface area contributed by atoms with E-state index in [0.29, 0.717) is 17.3 Å². The van der Waals surface area contributed by atoms with Gasteiger partial charge in [0.15, 0.2) is 5.78 Å². The summed E-state index contributed by atoms with van der Waals surface area (Å²) in [5, 5.41) is 0. The minimum Gasteiger partial charge on any atom is -0.445 e. The molecule has 0 spiro atoms.